The zero-order valence-electron chi connectivity index (χ0n) is 12.5. The molecule has 1 aromatic carbocycles. The van der Waals surface area contributed by atoms with Gasteiger partial charge in [0.15, 0.2) is 5.82 Å². The van der Waals surface area contributed by atoms with Crippen LogP contribution in [0.1, 0.15) is 5.56 Å². The largest absolute Gasteiger partial charge is 0.351 e. The Bertz CT molecular complexity index is 851. The Morgan fingerprint density at radius 2 is 1.91 bits per heavy atom. The Hall–Kier alpha value is -1.99. The Morgan fingerprint density at radius 1 is 1.14 bits per heavy atom. The number of hydrogen-bond donors (Lipinski definition) is 0. The van der Waals surface area contributed by atoms with Crippen LogP contribution in [-0.2, 0) is 0 Å². The number of benzene rings is 1. The summed E-state index contributed by atoms with van der Waals surface area (Å²) in [5.41, 5.74) is 3.43. The molecule has 0 radical (unpaired) electrons. The Labute approximate surface area is 132 Å². The molecule has 8 heteroatoms. The van der Waals surface area contributed by atoms with Crippen molar-refractivity contribution in [3.8, 4) is 0 Å². The standard InChI is InChI=1S/C14H16ClN7/c1-9-7-10(15)8-11-12(9)16-13(14-17-18-19-22(11)14)21-5-3-20(2)4-6-21/h7-8H,3-6H2,1-2H3. The number of aryl methyl sites for hydroxylation is 1. The van der Waals surface area contributed by atoms with Gasteiger partial charge in [0.1, 0.15) is 0 Å². The fraction of sp³-hybridized carbons (Fsp3) is 0.429. The second-order valence-corrected chi connectivity index (χ2v) is 6.17. The molecule has 22 heavy (non-hydrogen) atoms. The van der Waals surface area contributed by atoms with Crippen LogP contribution in [-0.4, -0.2) is 63.2 Å². The maximum Gasteiger partial charge on any atom is 0.222 e. The SMILES string of the molecule is Cc1cc(Cl)cc2c1nc(N1CCN(C)CC1)c1nnnn12. The monoisotopic (exact) mass is 317 g/mol. The molecule has 1 saturated heterocycles. The predicted molar refractivity (Wildman–Crippen MR) is 85.5 cm³/mol. The first kappa shape index (κ1) is 13.7. The second kappa shape index (κ2) is 5.03. The van der Waals surface area contributed by atoms with Crippen LogP contribution in [0, 0.1) is 6.92 Å². The number of anilines is 1. The number of tetrazole rings is 1. The number of aromatic nitrogens is 5. The maximum atomic E-state index is 6.17. The number of rotatable bonds is 1. The third kappa shape index (κ3) is 2.08. The average molecular weight is 318 g/mol. The van der Waals surface area contributed by atoms with E-state index >= 15 is 0 Å². The van der Waals surface area contributed by atoms with E-state index < -0.39 is 0 Å². The molecule has 0 N–H and O–H groups in total. The number of hydrogen-bond acceptors (Lipinski definition) is 6. The van der Waals surface area contributed by atoms with Gasteiger partial charge in [-0.25, -0.2) is 4.98 Å². The number of fused-ring (bicyclic) bond motifs is 3. The van der Waals surface area contributed by atoms with Crippen molar-refractivity contribution in [1.82, 2.24) is 29.9 Å². The van der Waals surface area contributed by atoms with Gasteiger partial charge in [0.2, 0.25) is 5.65 Å². The van der Waals surface area contributed by atoms with Gasteiger partial charge < -0.3 is 9.80 Å². The van der Waals surface area contributed by atoms with E-state index in [9.17, 15) is 0 Å². The van der Waals surface area contributed by atoms with Gasteiger partial charge in [0.05, 0.1) is 11.0 Å². The number of halogens is 1. The molecule has 0 amide bonds. The lowest BCUT2D eigenvalue weighted by atomic mass is 10.2. The average Bonchev–Trinajstić information content (AvgIpc) is 2.97. The van der Waals surface area contributed by atoms with Crippen LogP contribution in [0.25, 0.3) is 16.7 Å². The molecule has 0 aliphatic carbocycles. The van der Waals surface area contributed by atoms with E-state index in [4.69, 9.17) is 16.6 Å². The first-order valence-electron chi connectivity index (χ1n) is 7.25. The molecule has 3 heterocycles. The molecule has 0 unspecified atom stereocenters. The van der Waals surface area contributed by atoms with Crippen LogP contribution >= 0.6 is 11.6 Å². The third-order valence-electron chi connectivity index (χ3n) is 4.16. The maximum absolute atomic E-state index is 6.17. The topological polar surface area (TPSA) is 62.5 Å². The smallest absolute Gasteiger partial charge is 0.222 e. The molecule has 1 fully saturated rings. The van der Waals surface area contributed by atoms with E-state index in [0.29, 0.717) is 10.7 Å². The van der Waals surface area contributed by atoms with E-state index in [0.717, 1.165) is 48.6 Å². The van der Waals surface area contributed by atoms with Crippen LogP contribution in [0.15, 0.2) is 12.1 Å². The second-order valence-electron chi connectivity index (χ2n) is 5.73. The summed E-state index contributed by atoms with van der Waals surface area (Å²) < 4.78 is 1.73. The summed E-state index contributed by atoms with van der Waals surface area (Å²) in [4.78, 5) is 9.41. The highest BCUT2D eigenvalue weighted by Crippen LogP contribution is 2.27. The quantitative estimate of drug-likeness (QED) is 0.676. The van der Waals surface area contributed by atoms with Crippen LogP contribution in [0.3, 0.4) is 0 Å². The highest BCUT2D eigenvalue weighted by molar-refractivity contribution is 6.31. The van der Waals surface area contributed by atoms with Crippen molar-refractivity contribution in [3.63, 3.8) is 0 Å². The minimum atomic E-state index is 0.663. The Kier molecular flexibility index (Phi) is 3.12. The molecule has 0 bridgehead atoms. The van der Waals surface area contributed by atoms with E-state index in [-0.39, 0.29) is 0 Å². The lowest BCUT2D eigenvalue weighted by Gasteiger charge is -2.33. The molecule has 114 valence electrons. The summed E-state index contributed by atoms with van der Waals surface area (Å²) in [5.74, 6) is 0.844. The van der Waals surface area contributed by atoms with Crippen molar-refractivity contribution in [1.29, 1.82) is 0 Å². The van der Waals surface area contributed by atoms with Gasteiger partial charge >= 0.3 is 0 Å². The molecule has 0 spiro atoms. The van der Waals surface area contributed by atoms with E-state index in [1.54, 1.807) is 4.52 Å². The zero-order valence-corrected chi connectivity index (χ0v) is 13.2. The first-order chi connectivity index (χ1) is 10.6. The summed E-state index contributed by atoms with van der Waals surface area (Å²) in [6.07, 6.45) is 0. The van der Waals surface area contributed by atoms with Crippen molar-refractivity contribution < 1.29 is 0 Å². The van der Waals surface area contributed by atoms with Crippen LogP contribution in [0.4, 0.5) is 5.82 Å². The third-order valence-corrected chi connectivity index (χ3v) is 4.38. The van der Waals surface area contributed by atoms with Gasteiger partial charge in [-0.15, -0.1) is 5.10 Å². The van der Waals surface area contributed by atoms with Crippen molar-refractivity contribution in [2.24, 2.45) is 0 Å². The molecule has 3 aromatic rings. The lowest BCUT2D eigenvalue weighted by Crippen LogP contribution is -2.45. The van der Waals surface area contributed by atoms with Crippen LogP contribution in [0.5, 0.6) is 0 Å². The fourth-order valence-corrected chi connectivity index (χ4v) is 3.17. The zero-order chi connectivity index (χ0) is 15.3. The van der Waals surface area contributed by atoms with Gasteiger partial charge in [-0.1, -0.05) is 11.6 Å². The van der Waals surface area contributed by atoms with Crippen molar-refractivity contribution in [2.75, 3.05) is 38.1 Å². The predicted octanol–water partition coefficient (Wildman–Crippen LogP) is 1.39. The molecular weight excluding hydrogens is 302 g/mol. The molecule has 0 saturated carbocycles. The molecule has 1 aliphatic heterocycles. The summed E-state index contributed by atoms with van der Waals surface area (Å²) in [5, 5.41) is 12.8. The van der Waals surface area contributed by atoms with Gasteiger partial charge in [-0.3, -0.25) is 0 Å². The normalized spacial score (nSPS) is 16.8. The Balaban J connectivity index is 1.95. The van der Waals surface area contributed by atoms with E-state index in [2.05, 4.69) is 32.4 Å². The van der Waals surface area contributed by atoms with Gasteiger partial charge in [0, 0.05) is 31.2 Å². The minimum Gasteiger partial charge on any atom is -0.351 e. The van der Waals surface area contributed by atoms with Crippen LogP contribution in [0.2, 0.25) is 5.02 Å². The number of likely N-dealkylation sites (N-methyl/N-ethyl adjacent to an activating group) is 1. The molecule has 0 atom stereocenters. The summed E-state index contributed by atoms with van der Waals surface area (Å²) in [6.45, 7) is 5.86. The van der Waals surface area contributed by atoms with E-state index in [1.165, 1.54) is 0 Å². The molecule has 1 aliphatic rings. The number of nitrogens with zero attached hydrogens (tertiary/aromatic N) is 7. The number of piperazine rings is 1. The van der Waals surface area contributed by atoms with Crippen molar-refractivity contribution in [2.45, 2.75) is 6.92 Å². The fourth-order valence-electron chi connectivity index (χ4n) is 2.90. The summed E-state index contributed by atoms with van der Waals surface area (Å²) in [7, 11) is 2.13. The van der Waals surface area contributed by atoms with Gasteiger partial charge in [-0.05, 0) is 42.1 Å². The van der Waals surface area contributed by atoms with E-state index in [1.807, 2.05) is 19.1 Å². The van der Waals surface area contributed by atoms with Gasteiger partial charge in [0.25, 0.3) is 0 Å². The molecular formula is C14H16ClN7. The van der Waals surface area contributed by atoms with Gasteiger partial charge in [-0.2, -0.15) is 4.52 Å². The molecule has 7 nitrogen and oxygen atoms in total. The Morgan fingerprint density at radius 3 is 2.68 bits per heavy atom. The molecule has 2 aromatic heterocycles. The van der Waals surface area contributed by atoms with Crippen molar-refractivity contribution >= 4 is 34.1 Å². The van der Waals surface area contributed by atoms with Crippen LogP contribution < -0.4 is 4.90 Å². The summed E-state index contributed by atoms with van der Waals surface area (Å²) in [6, 6.07) is 3.77. The summed E-state index contributed by atoms with van der Waals surface area (Å²) >= 11 is 6.17. The minimum absolute atomic E-state index is 0.663. The first-order valence-corrected chi connectivity index (χ1v) is 7.63. The molecule has 4 rings (SSSR count). The highest BCUT2D eigenvalue weighted by Gasteiger charge is 2.21. The highest BCUT2D eigenvalue weighted by atomic mass is 35.5. The van der Waals surface area contributed by atoms with Crippen molar-refractivity contribution in [3.05, 3.63) is 22.7 Å². The lowest BCUT2D eigenvalue weighted by molar-refractivity contribution is 0.312.